The molecular weight excluding hydrogens is 237 g/mol. The summed E-state index contributed by atoms with van der Waals surface area (Å²) in [7, 11) is 0. The molecule has 1 N–H and O–H groups in total. The van der Waals surface area contributed by atoms with Crippen LogP contribution in [-0.2, 0) is 0 Å². The maximum Gasteiger partial charge on any atom is 0.356 e. The Hall–Kier alpha value is -0.660. The molecule has 9 heavy (non-hydrogen) atoms. The van der Waals surface area contributed by atoms with Gasteiger partial charge in [-0.1, -0.05) is 5.10 Å². The fourth-order valence-electron chi connectivity index (χ4n) is 0.393. The molecule has 0 aliphatic rings. The predicted molar refractivity (Wildman–Crippen MR) is 38.0 cm³/mol. The smallest absolute Gasteiger partial charge is 0.356 e. The molecule has 0 bridgehead atoms. The highest BCUT2D eigenvalue weighted by atomic mass is 127. The third-order valence-electron chi connectivity index (χ3n) is 0.757. The molecule has 0 unspecified atom stereocenters. The minimum Gasteiger partial charge on any atom is -0.358 e. The van der Waals surface area contributed by atoms with E-state index in [4.69, 9.17) is 0 Å². The molecule has 0 aromatic carbocycles. The average molecular weight is 239 g/mol. The summed E-state index contributed by atoms with van der Waals surface area (Å²) in [6, 6.07) is 0. The topological polar surface area (TPSA) is 71.8 Å². The van der Waals surface area contributed by atoms with Gasteiger partial charge in [-0.15, -0.1) is 5.10 Å². The van der Waals surface area contributed by atoms with Gasteiger partial charge in [0.05, 0.1) is 6.20 Å². The quantitative estimate of drug-likeness (QED) is 0.450. The number of nitro groups is 1. The van der Waals surface area contributed by atoms with Gasteiger partial charge >= 0.3 is 5.82 Å². The molecule has 6 heteroatoms. The number of halogens is 1. The van der Waals surface area contributed by atoms with Crippen molar-refractivity contribution in [3.8, 4) is 0 Å². The van der Waals surface area contributed by atoms with Crippen molar-refractivity contribution in [1.82, 2.24) is 10.2 Å². The SMILES string of the molecule is O=[N+]([O-])c1[nH]ncc1I. The monoisotopic (exact) mass is 239 g/mol. The Kier molecular flexibility index (Phi) is 1.65. The van der Waals surface area contributed by atoms with E-state index in [9.17, 15) is 10.1 Å². The molecule has 0 aliphatic heterocycles. The van der Waals surface area contributed by atoms with Crippen LogP contribution >= 0.6 is 22.6 Å². The lowest BCUT2D eigenvalue weighted by molar-refractivity contribution is -0.390. The van der Waals surface area contributed by atoms with Crippen molar-refractivity contribution < 1.29 is 4.92 Å². The molecule has 1 heterocycles. The van der Waals surface area contributed by atoms with Crippen LogP contribution in [-0.4, -0.2) is 15.1 Å². The van der Waals surface area contributed by atoms with E-state index in [1.54, 1.807) is 0 Å². The Balaban J connectivity index is 3.08. The van der Waals surface area contributed by atoms with Crippen LogP contribution in [0.1, 0.15) is 0 Å². The van der Waals surface area contributed by atoms with E-state index in [1.807, 2.05) is 22.6 Å². The van der Waals surface area contributed by atoms with E-state index in [-0.39, 0.29) is 5.82 Å². The van der Waals surface area contributed by atoms with E-state index in [0.717, 1.165) is 0 Å². The number of nitrogens with one attached hydrogen (secondary N) is 1. The number of hydrogen-bond donors (Lipinski definition) is 1. The first kappa shape index (κ1) is 6.46. The zero-order valence-corrected chi connectivity index (χ0v) is 6.32. The number of rotatable bonds is 1. The summed E-state index contributed by atoms with van der Waals surface area (Å²) < 4.78 is 0.526. The molecule has 1 aromatic heterocycles. The summed E-state index contributed by atoms with van der Waals surface area (Å²) in [4.78, 5) is 9.51. The van der Waals surface area contributed by atoms with Gasteiger partial charge in [-0.2, -0.15) is 0 Å². The van der Waals surface area contributed by atoms with E-state index in [1.165, 1.54) is 6.20 Å². The third kappa shape index (κ3) is 1.18. The highest BCUT2D eigenvalue weighted by molar-refractivity contribution is 14.1. The van der Waals surface area contributed by atoms with E-state index in [0.29, 0.717) is 3.57 Å². The first-order valence-electron chi connectivity index (χ1n) is 2.05. The highest BCUT2D eigenvalue weighted by Gasteiger charge is 2.10. The first-order valence-corrected chi connectivity index (χ1v) is 3.13. The standard InChI is InChI=1S/C3H2IN3O2/c4-2-1-5-6-3(2)7(8)9/h1H,(H,5,6). The Morgan fingerprint density at radius 2 is 2.56 bits per heavy atom. The van der Waals surface area contributed by atoms with Gasteiger partial charge < -0.3 is 10.1 Å². The summed E-state index contributed by atoms with van der Waals surface area (Å²) in [5, 5.41) is 15.7. The third-order valence-corrected chi connectivity index (χ3v) is 1.55. The van der Waals surface area contributed by atoms with Crippen LogP contribution in [0, 0.1) is 13.7 Å². The number of nitrogens with zero attached hydrogens (tertiary/aromatic N) is 2. The fourth-order valence-corrected chi connectivity index (χ4v) is 0.849. The Bertz CT molecular complexity index is 233. The lowest BCUT2D eigenvalue weighted by Gasteiger charge is -1.86. The van der Waals surface area contributed by atoms with Gasteiger partial charge in [0, 0.05) is 0 Å². The summed E-state index contributed by atoms with van der Waals surface area (Å²) in [6.07, 6.45) is 1.40. The molecule has 5 nitrogen and oxygen atoms in total. The normalized spacial score (nSPS) is 9.44. The number of aromatic amines is 1. The van der Waals surface area contributed by atoms with Crippen molar-refractivity contribution >= 4 is 28.4 Å². The van der Waals surface area contributed by atoms with Crippen LogP contribution in [0.3, 0.4) is 0 Å². The highest BCUT2D eigenvalue weighted by Crippen LogP contribution is 2.14. The lowest BCUT2D eigenvalue weighted by atomic mass is 10.7. The van der Waals surface area contributed by atoms with Crippen molar-refractivity contribution in [2.24, 2.45) is 0 Å². The Morgan fingerprint density at radius 3 is 2.78 bits per heavy atom. The Morgan fingerprint density at radius 1 is 1.89 bits per heavy atom. The summed E-state index contributed by atoms with van der Waals surface area (Å²) in [5.74, 6) is -0.0457. The second kappa shape index (κ2) is 2.29. The van der Waals surface area contributed by atoms with Gasteiger partial charge in [-0.3, -0.25) is 0 Å². The molecule has 0 saturated heterocycles. The molecule has 0 fully saturated rings. The zero-order chi connectivity index (χ0) is 6.85. The zero-order valence-electron chi connectivity index (χ0n) is 4.17. The van der Waals surface area contributed by atoms with E-state index in [2.05, 4.69) is 10.2 Å². The van der Waals surface area contributed by atoms with Crippen LogP contribution < -0.4 is 0 Å². The maximum atomic E-state index is 10.0. The van der Waals surface area contributed by atoms with Crippen molar-refractivity contribution in [2.75, 3.05) is 0 Å². The molecular formula is C3H2IN3O2. The molecule has 0 radical (unpaired) electrons. The number of aromatic nitrogens is 2. The summed E-state index contributed by atoms with van der Waals surface area (Å²) in [5.41, 5.74) is 0. The van der Waals surface area contributed by atoms with Gasteiger partial charge in [0.2, 0.25) is 0 Å². The minimum atomic E-state index is -0.505. The van der Waals surface area contributed by atoms with E-state index < -0.39 is 4.92 Å². The van der Waals surface area contributed by atoms with Crippen molar-refractivity contribution in [2.45, 2.75) is 0 Å². The molecule has 0 atom stereocenters. The fraction of sp³-hybridized carbons (Fsp3) is 0. The van der Waals surface area contributed by atoms with Crippen molar-refractivity contribution in [3.05, 3.63) is 19.9 Å². The first-order chi connectivity index (χ1) is 4.22. The second-order valence-corrected chi connectivity index (χ2v) is 2.49. The van der Waals surface area contributed by atoms with Crippen LogP contribution in [0.4, 0.5) is 5.82 Å². The Labute approximate surface area is 63.7 Å². The van der Waals surface area contributed by atoms with E-state index >= 15 is 0 Å². The molecule has 1 aromatic rings. The van der Waals surface area contributed by atoms with Crippen LogP contribution in [0.5, 0.6) is 0 Å². The summed E-state index contributed by atoms with van der Waals surface area (Å²) >= 11 is 1.84. The van der Waals surface area contributed by atoms with Gasteiger partial charge in [-0.05, 0) is 27.5 Å². The van der Waals surface area contributed by atoms with Crippen LogP contribution in [0.25, 0.3) is 0 Å². The molecule has 0 spiro atoms. The average Bonchev–Trinajstić information content (AvgIpc) is 2.13. The molecule has 1 rings (SSSR count). The maximum absolute atomic E-state index is 10.0. The van der Waals surface area contributed by atoms with Gasteiger partial charge in [0.1, 0.15) is 3.57 Å². The number of H-pyrrole nitrogens is 1. The minimum absolute atomic E-state index is 0.0457. The van der Waals surface area contributed by atoms with Crippen LogP contribution in [0.2, 0.25) is 0 Å². The molecule has 0 aliphatic carbocycles. The largest absolute Gasteiger partial charge is 0.358 e. The van der Waals surface area contributed by atoms with Crippen molar-refractivity contribution in [3.63, 3.8) is 0 Å². The molecule has 0 saturated carbocycles. The predicted octanol–water partition coefficient (Wildman–Crippen LogP) is 0.922. The summed E-state index contributed by atoms with van der Waals surface area (Å²) in [6.45, 7) is 0. The molecule has 48 valence electrons. The number of hydrogen-bond acceptors (Lipinski definition) is 3. The van der Waals surface area contributed by atoms with Crippen molar-refractivity contribution in [1.29, 1.82) is 0 Å². The van der Waals surface area contributed by atoms with Gasteiger partial charge in [0.15, 0.2) is 0 Å². The molecule has 0 amide bonds. The van der Waals surface area contributed by atoms with Gasteiger partial charge in [-0.25, -0.2) is 0 Å². The van der Waals surface area contributed by atoms with Crippen LogP contribution in [0.15, 0.2) is 6.20 Å². The van der Waals surface area contributed by atoms with Gasteiger partial charge in [0.25, 0.3) is 0 Å². The lowest BCUT2D eigenvalue weighted by Crippen LogP contribution is -1.89. The second-order valence-electron chi connectivity index (χ2n) is 1.32.